The fourth-order valence-corrected chi connectivity index (χ4v) is 2.31. The Hall–Kier alpha value is -2.08. The predicted molar refractivity (Wildman–Crippen MR) is 74.8 cm³/mol. The van der Waals surface area contributed by atoms with Gasteiger partial charge in [0.15, 0.2) is 4.67 Å². The van der Waals surface area contributed by atoms with Crippen LogP contribution in [0.25, 0.3) is 0 Å². The SMILES string of the molecule is O=C1CCc2cc(OC(=O)c3ccc(Br)o3)ccc2N1. The number of ether oxygens (including phenoxy) is 1. The maximum absolute atomic E-state index is 11.8. The molecule has 1 aromatic carbocycles. The fourth-order valence-electron chi connectivity index (χ4n) is 2.00. The molecular weight excluding hydrogens is 326 g/mol. The van der Waals surface area contributed by atoms with Crippen LogP contribution in [0.1, 0.15) is 22.5 Å². The van der Waals surface area contributed by atoms with Gasteiger partial charge in [-0.2, -0.15) is 0 Å². The molecule has 0 fully saturated rings. The van der Waals surface area contributed by atoms with E-state index in [9.17, 15) is 9.59 Å². The Morgan fingerprint density at radius 1 is 1.25 bits per heavy atom. The first kappa shape index (κ1) is 12.9. The van der Waals surface area contributed by atoms with Crippen LogP contribution in [-0.4, -0.2) is 11.9 Å². The van der Waals surface area contributed by atoms with Gasteiger partial charge in [0.1, 0.15) is 5.75 Å². The number of nitrogens with one attached hydrogen (secondary N) is 1. The highest BCUT2D eigenvalue weighted by Gasteiger charge is 2.17. The number of benzene rings is 1. The zero-order valence-electron chi connectivity index (χ0n) is 10.3. The van der Waals surface area contributed by atoms with Gasteiger partial charge in [-0.25, -0.2) is 4.79 Å². The maximum Gasteiger partial charge on any atom is 0.379 e. The van der Waals surface area contributed by atoms with Crippen LogP contribution in [0.4, 0.5) is 5.69 Å². The van der Waals surface area contributed by atoms with Crippen LogP contribution in [0.3, 0.4) is 0 Å². The van der Waals surface area contributed by atoms with Gasteiger partial charge in [0, 0.05) is 12.1 Å². The summed E-state index contributed by atoms with van der Waals surface area (Å²) in [5, 5.41) is 2.77. The number of esters is 1. The van der Waals surface area contributed by atoms with Crippen LogP contribution >= 0.6 is 15.9 Å². The number of aryl methyl sites for hydroxylation is 1. The van der Waals surface area contributed by atoms with Gasteiger partial charge in [0.2, 0.25) is 11.7 Å². The number of amides is 1. The molecule has 0 radical (unpaired) electrons. The van der Waals surface area contributed by atoms with Crippen molar-refractivity contribution in [2.75, 3.05) is 5.32 Å². The molecule has 2 aromatic rings. The Bertz CT molecular complexity index is 692. The maximum atomic E-state index is 11.8. The van der Waals surface area contributed by atoms with Crippen molar-refractivity contribution in [1.82, 2.24) is 0 Å². The smallest absolute Gasteiger partial charge is 0.379 e. The van der Waals surface area contributed by atoms with E-state index in [2.05, 4.69) is 21.2 Å². The van der Waals surface area contributed by atoms with Gasteiger partial charge in [-0.05, 0) is 58.2 Å². The summed E-state index contributed by atoms with van der Waals surface area (Å²) in [6.07, 6.45) is 1.08. The molecule has 0 saturated carbocycles. The van der Waals surface area contributed by atoms with Crippen LogP contribution < -0.4 is 10.1 Å². The van der Waals surface area contributed by atoms with E-state index >= 15 is 0 Å². The Kier molecular flexibility index (Phi) is 3.31. The quantitative estimate of drug-likeness (QED) is 0.676. The van der Waals surface area contributed by atoms with Gasteiger partial charge in [0.25, 0.3) is 0 Å². The highest BCUT2D eigenvalue weighted by atomic mass is 79.9. The van der Waals surface area contributed by atoms with Gasteiger partial charge in [-0.1, -0.05) is 0 Å². The third-order valence-corrected chi connectivity index (χ3v) is 3.38. The van der Waals surface area contributed by atoms with Crippen molar-refractivity contribution in [1.29, 1.82) is 0 Å². The Morgan fingerprint density at radius 3 is 2.85 bits per heavy atom. The van der Waals surface area contributed by atoms with E-state index in [1.165, 1.54) is 6.07 Å². The molecule has 0 saturated heterocycles. The summed E-state index contributed by atoms with van der Waals surface area (Å²) < 4.78 is 10.8. The molecule has 3 rings (SSSR count). The van der Waals surface area contributed by atoms with Crippen molar-refractivity contribution in [3.8, 4) is 5.75 Å². The fraction of sp³-hybridized carbons (Fsp3) is 0.143. The van der Waals surface area contributed by atoms with Crippen LogP contribution in [0.15, 0.2) is 39.4 Å². The molecule has 0 spiro atoms. The molecule has 6 heteroatoms. The molecule has 20 heavy (non-hydrogen) atoms. The predicted octanol–water partition coefficient (Wildman–Crippen LogP) is 3.15. The number of hydrogen-bond donors (Lipinski definition) is 1. The van der Waals surface area contributed by atoms with E-state index in [0.29, 0.717) is 23.3 Å². The number of anilines is 1. The molecule has 2 heterocycles. The monoisotopic (exact) mass is 335 g/mol. The molecule has 1 aliphatic rings. The van der Waals surface area contributed by atoms with Gasteiger partial charge in [-0.15, -0.1) is 0 Å². The third kappa shape index (κ3) is 2.60. The zero-order chi connectivity index (χ0) is 14.1. The molecular formula is C14H10BrNO4. The lowest BCUT2D eigenvalue weighted by Gasteiger charge is -2.17. The summed E-state index contributed by atoms with van der Waals surface area (Å²) in [4.78, 5) is 23.1. The zero-order valence-corrected chi connectivity index (χ0v) is 11.9. The van der Waals surface area contributed by atoms with Crippen molar-refractivity contribution in [3.05, 3.63) is 46.3 Å². The molecule has 0 bridgehead atoms. The first-order valence-corrected chi connectivity index (χ1v) is 6.81. The molecule has 1 amide bonds. The van der Waals surface area contributed by atoms with Gasteiger partial charge in [0.05, 0.1) is 0 Å². The van der Waals surface area contributed by atoms with E-state index in [-0.39, 0.29) is 11.7 Å². The first-order valence-electron chi connectivity index (χ1n) is 6.02. The Balaban J connectivity index is 1.78. The van der Waals surface area contributed by atoms with Crippen LogP contribution in [-0.2, 0) is 11.2 Å². The average Bonchev–Trinajstić information content (AvgIpc) is 2.86. The normalized spacial score (nSPS) is 13.6. The first-order chi connectivity index (χ1) is 9.61. The van der Waals surface area contributed by atoms with E-state index in [4.69, 9.17) is 9.15 Å². The van der Waals surface area contributed by atoms with E-state index in [1.807, 2.05) is 0 Å². The largest absolute Gasteiger partial charge is 0.442 e. The van der Waals surface area contributed by atoms with Crippen molar-refractivity contribution in [3.63, 3.8) is 0 Å². The third-order valence-electron chi connectivity index (χ3n) is 2.96. The van der Waals surface area contributed by atoms with E-state index < -0.39 is 5.97 Å². The number of carbonyl (C=O) groups excluding carboxylic acids is 2. The summed E-state index contributed by atoms with van der Waals surface area (Å²) in [6, 6.07) is 8.28. The van der Waals surface area contributed by atoms with Crippen LogP contribution in [0.5, 0.6) is 5.75 Å². The second-order valence-corrected chi connectivity index (χ2v) is 5.14. The van der Waals surface area contributed by atoms with Gasteiger partial charge in [-0.3, -0.25) is 4.79 Å². The highest BCUT2D eigenvalue weighted by molar-refractivity contribution is 9.10. The molecule has 0 aliphatic carbocycles. The summed E-state index contributed by atoms with van der Waals surface area (Å²) in [7, 11) is 0. The van der Waals surface area contributed by atoms with Crippen molar-refractivity contribution >= 4 is 33.5 Å². The Labute approximate surface area is 123 Å². The molecule has 102 valence electrons. The van der Waals surface area contributed by atoms with E-state index in [1.54, 1.807) is 24.3 Å². The van der Waals surface area contributed by atoms with Gasteiger partial charge >= 0.3 is 5.97 Å². The van der Waals surface area contributed by atoms with Crippen molar-refractivity contribution < 1.29 is 18.7 Å². The second-order valence-electron chi connectivity index (χ2n) is 4.36. The lowest BCUT2D eigenvalue weighted by molar-refractivity contribution is -0.116. The topological polar surface area (TPSA) is 68.5 Å². The second kappa shape index (κ2) is 5.13. The van der Waals surface area contributed by atoms with E-state index in [0.717, 1.165) is 11.3 Å². The number of halogens is 1. The number of furan rings is 1. The highest BCUT2D eigenvalue weighted by Crippen LogP contribution is 2.27. The number of hydrogen-bond acceptors (Lipinski definition) is 4. The minimum atomic E-state index is -0.560. The summed E-state index contributed by atoms with van der Waals surface area (Å²) in [5.41, 5.74) is 1.72. The standard InChI is InChI=1S/C14H10BrNO4/c15-12-5-4-11(20-12)14(18)19-9-2-3-10-8(7-9)1-6-13(17)16-10/h2-5,7H,1,6H2,(H,16,17). The van der Waals surface area contributed by atoms with Crippen molar-refractivity contribution in [2.45, 2.75) is 12.8 Å². The molecule has 0 atom stereocenters. The summed E-state index contributed by atoms with van der Waals surface area (Å²) in [6.45, 7) is 0. The van der Waals surface area contributed by atoms with Crippen LogP contribution in [0, 0.1) is 0 Å². The molecule has 5 nitrogen and oxygen atoms in total. The summed E-state index contributed by atoms with van der Waals surface area (Å²) in [5.74, 6) is -0.00139. The van der Waals surface area contributed by atoms with Gasteiger partial charge < -0.3 is 14.5 Å². The lowest BCUT2D eigenvalue weighted by atomic mass is 10.0. The molecule has 1 N–H and O–H groups in total. The Morgan fingerprint density at radius 2 is 2.10 bits per heavy atom. The lowest BCUT2D eigenvalue weighted by Crippen LogP contribution is -2.19. The number of fused-ring (bicyclic) bond motifs is 1. The van der Waals surface area contributed by atoms with Crippen LogP contribution in [0.2, 0.25) is 0 Å². The minimum Gasteiger partial charge on any atom is -0.442 e. The molecule has 0 unspecified atom stereocenters. The molecule has 1 aromatic heterocycles. The minimum absolute atomic E-state index is 0.00248. The van der Waals surface area contributed by atoms with Crippen molar-refractivity contribution in [2.24, 2.45) is 0 Å². The average molecular weight is 336 g/mol. The molecule has 1 aliphatic heterocycles. The number of carbonyl (C=O) groups is 2. The summed E-state index contributed by atoms with van der Waals surface area (Å²) >= 11 is 3.13. The number of rotatable bonds is 2.